The molecule has 1 aliphatic rings. The maximum atomic E-state index is 5.52. The van der Waals surface area contributed by atoms with Gasteiger partial charge in [-0.25, -0.2) is 0 Å². The molecule has 3 heteroatoms. The Morgan fingerprint density at radius 2 is 2.10 bits per heavy atom. The lowest BCUT2D eigenvalue weighted by Crippen LogP contribution is -2.30. The largest absolute Gasteiger partial charge is 0.496 e. The number of ether oxygens (including phenoxy) is 1. The van der Waals surface area contributed by atoms with Crippen LogP contribution >= 0.6 is 0 Å². The van der Waals surface area contributed by atoms with Crippen LogP contribution in [0.1, 0.15) is 44.7 Å². The van der Waals surface area contributed by atoms with Gasteiger partial charge in [0, 0.05) is 30.7 Å². The fourth-order valence-corrected chi connectivity index (χ4v) is 2.49. The molecule has 1 N–H and O–H groups in total. The van der Waals surface area contributed by atoms with Crippen LogP contribution in [0.15, 0.2) is 18.2 Å². The number of hydrogen-bond donors (Lipinski definition) is 1. The number of methoxy groups -OCH3 is 1. The predicted molar refractivity (Wildman–Crippen MR) is 84.1 cm³/mol. The first-order valence-corrected chi connectivity index (χ1v) is 7.77. The van der Waals surface area contributed by atoms with Crippen molar-refractivity contribution >= 4 is 0 Å². The fraction of sp³-hybridized carbons (Fsp3) is 0.647. The van der Waals surface area contributed by atoms with E-state index in [2.05, 4.69) is 49.2 Å². The van der Waals surface area contributed by atoms with Gasteiger partial charge in [0.15, 0.2) is 0 Å². The molecule has 0 amide bonds. The van der Waals surface area contributed by atoms with Gasteiger partial charge in [-0.15, -0.1) is 0 Å². The SMILES string of the molecule is CCN(Cc1cc(CNC2CC2)ccc1OC)C(C)C. The normalized spacial score (nSPS) is 15.1. The summed E-state index contributed by atoms with van der Waals surface area (Å²) in [6.07, 6.45) is 2.67. The van der Waals surface area contributed by atoms with Crippen LogP contribution in [0.3, 0.4) is 0 Å². The van der Waals surface area contributed by atoms with Crippen molar-refractivity contribution in [3.63, 3.8) is 0 Å². The van der Waals surface area contributed by atoms with E-state index in [0.29, 0.717) is 6.04 Å². The Labute approximate surface area is 123 Å². The molecular weight excluding hydrogens is 248 g/mol. The lowest BCUT2D eigenvalue weighted by Gasteiger charge is -2.26. The molecule has 0 unspecified atom stereocenters. The molecule has 0 radical (unpaired) electrons. The number of nitrogens with zero attached hydrogens (tertiary/aromatic N) is 1. The van der Waals surface area contributed by atoms with Gasteiger partial charge >= 0.3 is 0 Å². The van der Waals surface area contributed by atoms with Crippen LogP contribution < -0.4 is 10.1 Å². The Morgan fingerprint density at radius 1 is 1.35 bits per heavy atom. The molecule has 112 valence electrons. The third kappa shape index (κ3) is 4.22. The molecule has 0 heterocycles. The zero-order valence-corrected chi connectivity index (χ0v) is 13.3. The van der Waals surface area contributed by atoms with Gasteiger partial charge < -0.3 is 10.1 Å². The molecule has 2 rings (SSSR count). The zero-order chi connectivity index (χ0) is 14.5. The van der Waals surface area contributed by atoms with Gasteiger partial charge in [0.05, 0.1) is 7.11 Å². The second-order valence-corrected chi connectivity index (χ2v) is 5.96. The Balaban J connectivity index is 2.08. The second kappa shape index (κ2) is 7.09. The average molecular weight is 276 g/mol. The van der Waals surface area contributed by atoms with E-state index in [-0.39, 0.29) is 0 Å². The molecule has 0 spiro atoms. The predicted octanol–water partition coefficient (Wildman–Crippen LogP) is 3.18. The smallest absolute Gasteiger partial charge is 0.123 e. The summed E-state index contributed by atoms with van der Waals surface area (Å²) in [5.74, 6) is 0.999. The molecule has 1 aromatic carbocycles. The summed E-state index contributed by atoms with van der Waals surface area (Å²) < 4.78 is 5.52. The zero-order valence-electron chi connectivity index (χ0n) is 13.3. The first-order valence-electron chi connectivity index (χ1n) is 7.77. The lowest BCUT2D eigenvalue weighted by atomic mass is 10.1. The Bertz CT molecular complexity index is 427. The highest BCUT2D eigenvalue weighted by Crippen LogP contribution is 2.24. The summed E-state index contributed by atoms with van der Waals surface area (Å²) in [5.41, 5.74) is 2.64. The molecule has 1 fully saturated rings. The van der Waals surface area contributed by atoms with Crippen molar-refractivity contribution in [2.24, 2.45) is 0 Å². The minimum atomic E-state index is 0.554. The maximum absolute atomic E-state index is 5.52. The summed E-state index contributed by atoms with van der Waals surface area (Å²) in [5, 5.41) is 3.57. The van der Waals surface area contributed by atoms with Gasteiger partial charge in [0.2, 0.25) is 0 Å². The quantitative estimate of drug-likeness (QED) is 0.789. The molecule has 3 nitrogen and oxygen atoms in total. The molecule has 0 saturated heterocycles. The topological polar surface area (TPSA) is 24.5 Å². The van der Waals surface area contributed by atoms with Gasteiger partial charge in [0.25, 0.3) is 0 Å². The van der Waals surface area contributed by atoms with Crippen LogP contribution in [-0.2, 0) is 13.1 Å². The standard InChI is InChI=1S/C17H28N2O/c1-5-19(13(2)3)12-15-10-14(6-9-17(15)20-4)11-18-16-7-8-16/h6,9-10,13,16,18H,5,7-8,11-12H2,1-4H3. The van der Waals surface area contributed by atoms with E-state index >= 15 is 0 Å². The average Bonchev–Trinajstić information content (AvgIpc) is 3.26. The van der Waals surface area contributed by atoms with Crippen LogP contribution in [0, 0.1) is 0 Å². The summed E-state index contributed by atoms with van der Waals surface area (Å²) in [4.78, 5) is 2.45. The van der Waals surface area contributed by atoms with Crippen molar-refractivity contribution in [3.8, 4) is 5.75 Å². The van der Waals surface area contributed by atoms with E-state index in [1.807, 2.05) is 0 Å². The summed E-state index contributed by atoms with van der Waals surface area (Å²) in [7, 11) is 1.76. The first kappa shape index (κ1) is 15.3. The van der Waals surface area contributed by atoms with Crippen molar-refractivity contribution < 1.29 is 4.74 Å². The van der Waals surface area contributed by atoms with Crippen molar-refractivity contribution in [3.05, 3.63) is 29.3 Å². The Kier molecular flexibility index (Phi) is 5.44. The van der Waals surface area contributed by atoms with E-state index < -0.39 is 0 Å². The fourth-order valence-electron chi connectivity index (χ4n) is 2.49. The maximum Gasteiger partial charge on any atom is 0.123 e. The van der Waals surface area contributed by atoms with Crippen LogP contribution in [0.25, 0.3) is 0 Å². The second-order valence-electron chi connectivity index (χ2n) is 5.96. The Morgan fingerprint density at radius 3 is 2.65 bits per heavy atom. The highest BCUT2D eigenvalue weighted by Gasteiger charge is 2.20. The third-order valence-electron chi connectivity index (χ3n) is 4.03. The van der Waals surface area contributed by atoms with Gasteiger partial charge in [-0.1, -0.05) is 13.0 Å². The molecule has 1 aliphatic carbocycles. The summed E-state index contributed by atoms with van der Waals surface area (Å²) in [6.45, 7) is 9.68. The van der Waals surface area contributed by atoms with Crippen LogP contribution in [0.2, 0.25) is 0 Å². The number of hydrogen-bond acceptors (Lipinski definition) is 3. The summed E-state index contributed by atoms with van der Waals surface area (Å²) >= 11 is 0. The third-order valence-corrected chi connectivity index (χ3v) is 4.03. The number of nitrogens with one attached hydrogen (secondary N) is 1. The molecule has 0 aromatic heterocycles. The van der Waals surface area contributed by atoms with Crippen LogP contribution in [0.4, 0.5) is 0 Å². The van der Waals surface area contributed by atoms with Crippen molar-refractivity contribution in [1.82, 2.24) is 10.2 Å². The monoisotopic (exact) mass is 276 g/mol. The minimum absolute atomic E-state index is 0.554. The molecule has 0 atom stereocenters. The van der Waals surface area contributed by atoms with Gasteiger partial charge in [-0.05, 0) is 50.9 Å². The van der Waals surface area contributed by atoms with Gasteiger partial charge in [-0.3, -0.25) is 4.90 Å². The van der Waals surface area contributed by atoms with Crippen molar-refractivity contribution in [2.75, 3.05) is 13.7 Å². The first-order chi connectivity index (χ1) is 9.63. The van der Waals surface area contributed by atoms with E-state index in [0.717, 1.165) is 31.4 Å². The molecule has 1 saturated carbocycles. The van der Waals surface area contributed by atoms with Crippen molar-refractivity contribution in [1.29, 1.82) is 0 Å². The van der Waals surface area contributed by atoms with E-state index in [1.165, 1.54) is 24.0 Å². The van der Waals surface area contributed by atoms with E-state index in [9.17, 15) is 0 Å². The van der Waals surface area contributed by atoms with Gasteiger partial charge in [-0.2, -0.15) is 0 Å². The number of benzene rings is 1. The van der Waals surface area contributed by atoms with Crippen LogP contribution in [0.5, 0.6) is 5.75 Å². The van der Waals surface area contributed by atoms with Crippen LogP contribution in [-0.4, -0.2) is 30.6 Å². The van der Waals surface area contributed by atoms with Gasteiger partial charge in [0.1, 0.15) is 5.75 Å². The lowest BCUT2D eigenvalue weighted by molar-refractivity contribution is 0.221. The Hall–Kier alpha value is -1.06. The minimum Gasteiger partial charge on any atom is -0.496 e. The van der Waals surface area contributed by atoms with E-state index in [4.69, 9.17) is 4.74 Å². The molecule has 0 bridgehead atoms. The molecule has 20 heavy (non-hydrogen) atoms. The summed E-state index contributed by atoms with van der Waals surface area (Å²) in [6, 6.07) is 7.87. The molecule has 1 aromatic rings. The van der Waals surface area contributed by atoms with Crippen molar-refractivity contribution in [2.45, 2.75) is 58.8 Å². The highest BCUT2D eigenvalue weighted by atomic mass is 16.5. The molecule has 0 aliphatic heterocycles. The van der Waals surface area contributed by atoms with E-state index in [1.54, 1.807) is 7.11 Å². The number of rotatable bonds is 8. The highest BCUT2D eigenvalue weighted by molar-refractivity contribution is 5.37. The molecular formula is C17H28N2O.